The summed E-state index contributed by atoms with van der Waals surface area (Å²) in [6.45, 7) is 3.05. The van der Waals surface area contributed by atoms with Crippen LogP contribution in [-0.4, -0.2) is 46.1 Å². The number of aromatic nitrogens is 2. The molecule has 2 aromatic rings. The predicted molar refractivity (Wildman–Crippen MR) is 118 cm³/mol. The van der Waals surface area contributed by atoms with Crippen LogP contribution in [0, 0.1) is 0 Å². The van der Waals surface area contributed by atoms with Gasteiger partial charge >= 0.3 is 0 Å². The van der Waals surface area contributed by atoms with E-state index < -0.39 is 6.17 Å². The van der Waals surface area contributed by atoms with E-state index >= 15 is 0 Å². The van der Waals surface area contributed by atoms with E-state index in [9.17, 15) is 4.39 Å². The molecule has 7 heteroatoms. The summed E-state index contributed by atoms with van der Waals surface area (Å²) in [5, 5.41) is 0.861. The number of alkyl halides is 1. The summed E-state index contributed by atoms with van der Waals surface area (Å²) < 4.78 is 19.2. The molecule has 3 aliphatic rings. The molecule has 31 heavy (non-hydrogen) atoms. The number of rotatable bonds is 5. The van der Waals surface area contributed by atoms with Crippen LogP contribution in [0.5, 0.6) is 5.88 Å². The van der Waals surface area contributed by atoms with Crippen molar-refractivity contribution in [2.45, 2.75) is 44.6 Å². The van der Waals surface area contributed by atoms with Gasteiger partial charge in [-0.05, 0) is 24.5 Å². The van der Waals surface area contributed by atoms with Crippen LogP contribution in [-0.2, 0) is 19.6 Å². The number of ether oxygens (including phenoxy) is 1. The minimum absolute atomic E-state index is 0.166. The molecule has 0 saturated carbocycles. The predicted octanol–water partition coefficient (Wildman–Crippen LogP) is 4.54. The molecule has 0 bridgehead atoms. The fourth-order valence-corrected chi connectivity index (χ4v) is 5.11. The van der Waals surface area contributed by atoms with Crippen molar-refractivity contribution in [1.82, 2.24) is 19.8 Å². The summed E-state index contributed by atoms with van der Waals surface area (Å²) in [5.74, 6) is 1.46. The maximum absolute atomic E-state index is 13.6. The Morgan fingerprint density at radius 3 is 2.77 bits per heavy atom. The number of methoxy groups -OCH3 is 1. The van der Waals surface area contributed by atoms with Crippen LogP contribution < -0.4 is 4.74 Å². The summed E-state index contributed by atoms with van der Waals surface area (Å²) >= 11 is 6.92. The zero-order chi connectivity index (χ0) is 21.4. The molecule has 2 unspecified atom stereocenters. The minimum atomic E-state index is -0.753. The van der Waals surface area contributed by atoms with Crippen LogP contribution in [0.1, 0.15) is 41.4 Å². The Morgan fingerprint density at radius 1 is 1.19 bits per heavy atom. The fourth-order valence-electron chi connectivity index (χ4n) is 4.71. The molecule has 2 aliphatic heterocycles. The van der Waals surface area contributed by atoms with Crippen molar-refractivity contribution in [3.8, 4) is 5.88 Å². The van der Waals surface area contributed by atoms with Gasteiger partial charge in [-0.15, -0.1) is 0 Å². The molecule has 5 rings (SSSR count). The molecule has 0 N–H and O–H groups in total. The van der Waals surface area contributed by atoms with E-state index in [1.807, 2.05) is 6.07 Å². The monoisotopic (exact) mass is 440 g/mol. The lowest BCUT2D eigenvalue weighted by molar-refractivity contribution is 0.275. The van der Waals surface area contributed by atoms with Gasteiger partial charge in [0.25, 0.3) is 0 Å². The highest BCUT2D eigenvalue weighted by molar-refractivity contribution is 6.31. The molecule has 162 valence electrons. The van der Waals surface area contributed by atoms with Crippen LogP contribution in [0.2, 0.25) is 0 Å². The number of halogens is 2. The Morgan fingerprint density at radius 2 is 2.03 bits per heavy atom. The highest BCUT2D eigenvalue weighted by Crippen LogP contribution is 2.40. The molecule has 1 aromatic heterocycles. The van der Waals surface area contributed by atoms with Crippen LogP contribution in [0.25, 0.3) is 0 Å². The first-order valence-electron chi connectivity index (χ1n) is 10.8. The zero-order valence-corrected chi connectivity index (χ0v) is 18.4. The van der Waals surface area contributed by atoms with Gasteiger partial charge in [0.15, 0.2) is 0 Å². The minimum Gasteiger partial charge on any atom is -0.481 e. The Labute approximate surface area is 187 Å². The number of fused-ring (bicyclic) bond motifs is 1. The molecular weight excluding hydrogens is 415 g/mol. The van der Waals surface area contributed by atoms with Crippen LogP contribution >= 0.6 is 11.6 Å². The number of allylic oxidation sites excluding steroid dienone is 3. The maximum Gasteiger partial charge on any atom is 0.221 e. The third-order valence-corrected chi connectivity index (χ3v) is 6.76. The van der Waals surface area contributed by atoms with Gasteiger partial charge in [0, 0.05) is 24.0 Å². The van der Waals surface area contributed by atoms with Gasteiger partial charge < -0.3 is 9.64 Å². The quantitative estimate of drug-likeness (QED) is 0.682. The standard InChI is InChI=1S/C24H26ClFN4O/c1-31-24-19-13-30(14-20(19)27-22(28-24)15-29-11-10-17(26)12-29)21-9-5-8-18(23(21)25)16-6-3-2-4-7-16/h2-7,9,17-18H,8,10-15H2,1H3. The van der Waals surface area contributed by atoms with Crippen molar-refractivity contribution >= 4 is 11.6 Å². The average Bonchev–Trinajstić information content (AvgIpc) is 3.39. The molecule has 1 aromatic carbocycles. The second-order valence-corrected chi connectivity index (χ2v) is 8.79. The lowest BCUT2D eigenvalue weighted by atomic mass is 9.91. The first-order chi connectivity index (χ1) is 15.1. The van der Waals surface area contributed by atoms with Gasteiger partial charge in [-0.2, -0.15) is 4.98 Å². The molecule has 0 amide bonds. The van der Waals surface area contributed by atoms with Crippen LogP contribution in [0.3, 0.4) is 0 Å². The molecule has 0 radical (unpaired) electrons. The summed E-state index contributed by atoms with van der Waals surface area (Å²) in [6, 6.07) is 10.4. The molecule has 3 heterocycles. The van der Waals surface area contributed by atoms with E-state index in [1.54, 1.807) is 7.11 Å². The normalized spacial score (nSPS) is 23.5. The number of nitrogens with zero attached hydrogens (tertiary/aromatic N) is 4. The second kappa shape index (κ2) is 8.60. The molecular formula is C24H26ClFN4O. The van der Waals surface area contributed by atoms with Gasteiger partial charge in [0.2, 0.25) is 5.88 Å². The molecule has 5 nitrogen and oxygen atoms in total. The van der Waals surface area contributed by atoms with Crippen molar-refractivity contribution < 1.29 is 9.13 Å². The number of hydrogen-bond donors (Lipinski definition) is 0. The highest BCUT2D eigenvalue weighted by Gasteiger charge is 2.31. The highest BCUT2D eigenvalue weighted by atomic mass is 35.5. The van der Waals surface area contributed by atoms with Crippen molar-refractivity contribution in [1.29, 1.82) is 0 Å². The topological polar surface area (TPSA) is 41.5 Å². The summed E-state index contributed by atoms with van der Waals surface area (Å²) in [7, 11) is 1.64. The third-order valence-electron chi connectivity index (χ3n) is 6.30. The second-order valence-electron chi connectivity index (χ2n) is 8.39. The largest absolute Gasteiger partial charge is 0.481 e. The Hall–Kier alpha value is -2.44. The fraction of sp³-hybridized carbons (Fsp3) is 0.417. The summed E-state index contributed by atoms with van der Waals surface area (Å²) in [4.78, 5) is 13.7. The molecule has 0 spiro atoms. The first-order valence-corrected chi connectivity index (χ1v) is 11.2. The van der Waals surface area contributed by atoms with Crippen molar-refractivity contribution in [2.75, 3.05) is 20.2 Å². The van der Waals surface area contributed by atoms with Crippen LogP contribution in [0.15, 0.2) is 53.2 Å². The number of hydrogen-bond acceptors (Lipinski definition) is 5. The van der Waals surface area contributed by atoms with Crippen LogP contribution in [0.4, 0.5) is 4.39 Å². The van der Waals surface area contributed by atoms with E-state index in [-0.39, 0.29) is 5.92 Å². The lowest BCUT2D eigenvalue weighted by Crippen LogP contribution is -2.22. The van der Waals surface area contributed by atoms with E-state index in [2.05, 4.69) is 51.2 Å². The van der Waals surface area contributed by atoms with Crippen molar-refractivity contribution in [2.24, 2.45) is 0 Å². The zero-order valence-electron chi connectivity index (χ0n) is 17.6. The first kappa shape index (κ1) is 20.5. The Balaban J connectivity index is 1.40. The van der Waals surface area contributed by atoms with Gasteiger partial charge in [0.1, 0.15) is 12.0 Å². The van der Waals surface area contributed by atoms with Crippen molar-refractivity contribution in [3.05, 3.63) is 75.9 Å². The SMILES string of the molecule is COc1nc(CN2CCC(F)C2)nc2c1CN(C1=C(Cl)C(c3ccccc3)CC=C1)C2. The smallest absolute Gasteiger partial charge is 0.221 e. The Bertz CT molecular complexity index is 1030. The van der Waals surface area contributed by atoms with E-state index in [1.165, 1.54) is 5.56 Å². The molecule has 2 atom stereocenters. The molecule has 1 saturated heterocycles. The number of likely N-dealkylation sites (tertiary alicyclic amines) is 1. The van der Waals surface area contributed by atoms with Gasteiger partial charge in [0.05, 0.1) is 43.7 Å². The number of benzene rings is 1. The van der Waals surface area contributed by atoms with E-state index in [0.717, 1.165) is 35.0 Å². The average molecular weight is 441 g/mol. The summed E-state index contributed by atoms with van der Waals surface area (Å²) in [6.07, 6.45) is 5.02. The maximum atomic E-state index is 13.6. The van der Waals surface area contributed by atoms with Crippen molar-refractivity contribution in [3.63, 3.8) is 0 Å². The van der Waals surface area contributed by atoms with E-state index in [0.29, 0.717) is 44.3 Å². The Kier molecular flexibility index (Phi) is 5.67. The van der Waals surface area contributed by atoms with Gasteiger partial charge in [-0.3, -0.25) is 4.90 Å². The lowest BCUT2D eigenvalue weighted by Gasteiger charge is -2.27. The third kappa shape index (κ3) is 4.06. The van der Waals surface area contributed by atoms with Gasteiger partial charge in [-0.1, -0.05) is 48.0 Å². The molecule has 1 fully saturated rings. The molecule has 1 aliphatic carbocycles. The summed E-state index contributed by atoms with van der Waals surface area (Å²) in [5.41, 5.74) is 4.22. The van der Waals surface area contributed by atoms with Gasteiger partial charge in [-0.25, -0.2) is 9.37 Å². The van der Waals surface area contributed by atoms with E-state index in [4.69, 9.17) is 21.3 Å².